The molecule has 1 heterocycles. The highest BCUT2D eigenvalue weighted by molar-refractivity contribution is 9.10. The van der Waals surface area contributed by atoms with Gasteiger partial charge in [-0.2, -0.15) is 0 Å². The molecule has 0 bridgehead atoms. The second-order valence-electron chi connectivity index (χ2n) is 7.10. The van der Waals surface area contributed by atoms with Gasteiger partial charge in [-0.1, -0.05) is 69.7 Å². The van der Waals surface area contributed by atoms with Crippen LogP contribution in [0.1, 0.15) is 50.3 Å². The summed E-state index contributed by atoms with van der Waals surface area (Å²) in [4.78, 5) is 0. The van der Waals surface area contributed by atoms with Crippen LogP contribution in [0, 0.1) is 5.92 Å². The van der Waals surface area contributed by atoms with Gasteiger partial charge in [0, 0.05) is 16.8 Å². The fourth-order valence-corrected chi connectivity index (χ4v) is 3.98. The Balaban J connectivity index is 2.21. The van der Waals surface area contributed by atoms with Crippen molar-refractivity contribution in [3.63, 3.8) is 0 Å². The van der Waals surface area contributed by atoms with Gasteiger partial charge in [-0.3, -0.25) is 0 Å². The highest BCUT2D eigenvalue weighted by Crippen LogP contribution is 2.33. The fraction of sp³-hybridized carbons (Fsp3) is 0.348. The van der Waals surface area contributed by atoms with E-state index in [4.69, 9.17) is 0 Å². The summed E-state index contributed by atoms with van der Waals surface area (Å²) >= 11 is 3.78. The molecule has 25 heavy (non-hydrogen) atoms. The summed E-state index contributed by atoms with van der Waals surface area (Å²) in [5.41, 5.74) is 5.23. The van der Waals surface area contributed by atoms with Crippen LogP contribution in [0.5, 0.6) is 0 Å². The summed E-state index contributed by atoms with van der Waals surface area (Å²) < 4.78 is 3.70. The SMILES string of the molecule is CCCC[N+]1=Cc2c(Br)cccc2C(c2ccccc2)=CC1C(C)C. The molecule has 0 N–H and O–H groups in total. The second-order valence-corrected chi connectivity index (χ2v) is 7.96. The Morgan fingerprint density at radius 3 is 2.48 bits per heavy atom. The first-order chi connectivity index (χ1) is 12.1. The molecule has 0 radical (unpaired) electrons. The summed E-state index contributed by atoms with van der Waals surface area (Å²) in [5, 5.41) is 0. The zero-order valence-electron chi connectivity index (χ0n) is 15.4. The first-order valence-electron chi connectivity index (χ1n) is 9.28. The van der Waals surface area contributed by atoms with Crippen molar-refractivity contribution in [2.24, 2.45) is 5.92 Å². The van der Waals surface area contributed by atoms with Crippen molar-refractivity contribution >= 4 is 27.7 Å². The number of rotatable bonds is 5. The third-order valence-electron chi connectivity index (χ3n) is 4.90. The van der Waals surface area contributed by atoms with E-state index in [9.17, 15) is 0 Å². The molecule has 1 nitrogen and oxygen atoms in total. The minimum atomic E-state index is 0.404. The van der Waals surface area contributed by atoms with Crippen molar-refractivity contribution in [3.8, 4) is 0 Å². The second kappa shape index (κ2) is 8.14. The predicted molar refractivity (Wildman–Crippen MR) is 111 cm³/mol. The van der Waals surface area contributed by atoms with Crippen LogP contribution in [-0.2, 0) is 0 Å². The summed E-state index contributed by atoms with van der Waals surface area (Å²) in [6.45, 7) is 8.00. The van der Waals surface area contributed by atoms with Gasteiger partial charge in [0.2, 0.25) is 0 Å². The van der Waals surface area contributed by atoms with Gasteiger partial charge in [0.1, 0.15) is 6.54 Å². The van der Waals surface area contributed by atoms with Crippen molar-refractivity contribution in [3.05, 3.63) is 75.8 Å². The maximum Gasteiger partial charge on any atom is 0.174 e. The normalized spacial score (nSPS) is 16.9. The van der Waals surface area contributed by atoms with Gasteiger partial charge in [0.25, 0.3) is 0 Å². The van der Waals surface area contributed by atoms with Gasteiger partial charge in [0.05, 0.1) is 5.56 Å². The molecular weight excluding hydrogens is 370 g/mol. The number of hydrogen-bond donors (Lipinski definition) is 0. The standard InChI is InChI=1S/C23H27BrN/c1-4-5-14-25-16-21-19(12-9-13-22(21)24)20(15-23(25)17(2)3)18-10-7-6-8-11-18/h6-13,15-17,23H,4-5,14H2,1-3H3/q+1. The molecule has 0 amide bonds. The first-order valence-corrected chi connectivity index (χ1v) is 10.1. The Bertz CT molecular complexity index is 787. The molecule has 1 aliphatic rings. The number of fused-ring (bicyclic) bond motifs is 1. The van der Waals surface area contributed by atoms with Crippen molar-refractivity contribution in [1.82, 2.24) is 0 Å². The third kappa shape index (κ3) is 3.95. The van der Waals surface area contributed by atoms with Gasteiger partial charge >= 0.3 is 0 Å². The van der Waals surface area contributed by atoms with Crippen molar-refractivity contribution < 1.29 is 4.58 Å². The molecular formula is C23H27BrN+. The van der Waals surface area contributed by atoms with E-state index in [0.717, 1.165) is 11.0 Å². The van der Waals surface area contributed by atoms with Crippen LogP contribution in [0.3, 0.4) is 0 Å². The summed E-state index contributed by atoms with van der Waals surface area (Å²) in [5.74, 6) is 0.555. The van der Waals surface area contributed by atoms with Crippen LogP contribution >= 0.6 is 15.9 Å². The maximum atomic E-state index is 3.78. The van der Waals surface area contributed by atoms with Crippen LogP contribution in [0.4, 0.5) is 0 Å². The van der Waals surface area contributed by atoms with E-state index < -0.39 is 0 Å². The van der Waals surface area contributed by atoms with E-state index in [0.29, 0.717) is 12.0 Å². The number of hydrogen-bond acceptors (Lipinski definition) is 0. The lowest BCUT2D eigenvalue weighted by atomic mass is 9.91. The highest BCUT2D eigenvalue weighted by Gasteiger charge is 2.28. The number of halogens is 1. The third-order valence-corrected chi connectivity index (χ3v) is 5.59. The average Bonchev–Trinajstić information content (AvgIpc) is 2.79. The van der Waals surface area contributed by atoms with Crippen molar-refractivity contribution in [2.45, 2.75) is 39.7 Å². The number of benzene rings is 2. The fourth-order valence-electron chi connectivity index (χ4n) is 3.51. The highest BCUT2D eigenvalue weighted by atomic mass is 79.9. The van der Waals surface area contributed by atoms with Crippen molar-refractivity contribution in [2.75, 3.05) is 6.54 Å². The molecule has 0 saturated heterocycles. The minimum Gasteiger partial charge on any atom is -0.229 e. The van der Waals surface area contributed by atoms with Gasteiger partial charge < -0.3 is 0 Å². The minimum absolute atomic E-state index is 0.404. The predicted octanol–water partition coefficient (Wildman–Crippen LogP) is 6.15. The van der Waals surface area contributed by atoms with Crippen LogP contribution in [0.2, 0.25) is 0 Å². The molecule has 2 aromatic carbocycles. The first kappa shape index (κ1) is 18.1. The number of unbranched alkanes of at least 4 members (excludes halogenated alkanes) is 1. The van der Waals surface area contributed by atoms with E-state index in [-0.39, 0.29) is 0 Å². The molecule has 1 aliphatic heterocycles. The largest absolute Gasteiger partial charge is 0.229 e. The topological polar surface area (TPSA) is 3.01 Å². The molecule has 0 saturated carbocycles. The molecule has 0 fully saturated rings. The van der Waals surface area contributed by atoms with Gasteiger partial charge in [-0.15, -0.1) is 0 Å². The van der Waals surface area contributed by atoms with E-state index in [1.54, 1.807) is 0 Å². The zero-order valence-corrected chi connectivity index (χ0v) is 17.0. The van der Waals surface area contributed by atoms with E-state index >= 15 is 0 Å². The molecule has 0 aromatic heterocycles. The number of nitrogens with zero attached hydrogens (tertiary/aromatic N) is 1. The Morgan fingerprint density at radius 1 is 1.04 bits per heavy atom. The molecule has 1 atom stereocenters. The van der Waals surface area contributed by atoms with Gasteiger partial charge in [-0.05, 0) is 44.8 Å². The van der Waals surface area contributed by atoms with E-state index in [1.165, 1.54) is 35.1 Å². The molecule has 0 aliphatic carbocycles. The van der Waals surface area contributed by atoms with Gasteiger partial charge in [-0.25, -0.2) is 4.58 Å². The Morgan fingerprint density at radius 2 is 1.80 bits per heavy atom. The maximum absolute atomic E-state index is 3.78. The lowest BCUT2D eigenvalue weighted by Crippen LogP contribution is -2.31. The van der Waals surface area contributed by atoms with Crippen molar-refractivity contribution in [1.29, 1.82) is 0 Å². The smallest absolute Gasteiger partial charge is 0.174 e. The zero-order chi connectivity index (χ0) is 17.8. The molecule has 0 spiro atoms. The summed E-state index contributed by atoms with van der Waals surface area (Å²) in [6.07, 6.45) is 7.28. The Hall–Kier alpha value is -1.67. The Kier molecular flexibility index (Phi) is 5.90. The van der Waals surface area contributed by atoms with Crippen LogP contribution in [0.15, 0.2) is 59.1 Å². The lowest BCUT2D eigenvalue weighted by molar-refractivity contribution is -0.557. The molecule has 2 aromatic rings. The average molecular weight is 397 g/mol. The quantitative estimate of drug-likeness (QED) is 0.533. The van der Waals surface area contributed by atoms with E-state index in [2.05, 4.69) is 102 Å². The molecule has 2 heteroatoms. The Labute approximate surface area is 160 Å². The van der Waals surface area contributed by atoms with Crippen LogP contribution in [0.25, 0.3) is 5.57 Å². The molecule has 3 rings (SSSR count). The molecule has 130 valence electrons. The summed E-state index contributed by atoms with van der Waals surface area (Å²) in [6, 6.07) is 17.7. The monoisotopic (exact) mass is 396 g/mol. The summed E-state index contributed by atoms with van der Waals surface area (Å²) in [7, 11) is 0. The van der Waals surface area contributed by atoms with Crippen LogP contribution in [-0.4, -0.2) is 23.4 Å². The van der Waals surface area contributed by atoms with E-state index in [1.807, 2.05) is 0 Å². The lowest BCUT2D eigenvalue weighted by Gasteiger charge is -2.16. The molecule has 1 unspecified atom stereocenters. The van der Waals surface area contributed by atoms with Crippen LogP contribution < -0.4 is 0 Å². The van der Waals surface area contributed by atoms with Gasteiger partial charge in [0.15, 0.2) is 12.3 Å².